The number of carboxylic acids is 1. The maximum atomic E-state index is 13.5. The van der Waals surface area contributed by atoms with E-state index in [-0.39, 0.29) is 18.3 Å². The van der Waals surface area contributed by atoms with Crippen molar-refractivity contribution in [1.29, 1.82) is 0 Å². The summed E-state index contributed by atoms with van der Waals surface area (Å²) in [5.74, 6) is -3.27. The van der Waals surface area contributed by atoms with Crippen LogP contribution in [0.1, 0.15) is 11.6 Å². The van der Waals surface area contributed by atoms with Crippen molar-refractivity contribution >= 4 is 5.97 Å². The van der Waals surface area contributed by atoms with Gasteiger partial charge in [0.25, 0.3) is 0 Å². The summed E-state index contributed by atoms with van der Waals surface area (Å²) in [6.45, 7) is -0.169. The van der Waals surface area contributed by atoms with Gasteiger partial charge in [-0.05, 0) is 0 Å². The Morgan fingerprint density at radius 2 is 2.25 bits per heavy atom. The number of hydrogen-bond donors (Lipinski definition) is 3. The Hall–Kier alpha value is -2.02. The minimum atomic E-state index is -1.62. The third kappa shape index (κ3) is 1.41. The molecule has 1 aliphatic heterocycles. The molecule has 1 aromatic rings. The summed E-state index contributed by atoms with van der Waals surface area (Å²) in [5.41, 5.74) is 4.88. The molecule has 0 saturated heterocycles. The first kappa shape index (κ1) is 10.5. The molecule has 1 aromatic carbocycles. The Morgan fingerprint density at radius 1 is 1.56 bits per heavy atom. The van der Waals surface area contributed by atoms with Crippen LogP contribution in [-0.2, 0) is 4.79 Å². The van der Waals surface area contributed by atoms with Gasteiger partial charge in [0, 0.05) is 6.07 Å². The zero-order valence-corrected chi connectivity index (χ0v) is 7.94. The smallest absolute Gasteiger partial charge is 0.325 e. The van der Waals surface area contributed by atoms with Crippen LogP contribution in [0.25, 0.3) is 0 Å². The third-order valence-corrected chi connectivity index (χ3v) is 2.19. The molecule has 0 aromatic heterocycles. The summed E-state index contributed by atoms with van der Waals surface area (Å²) in [6, 6.07) is -0.613. The summed E-state index contributed by atoms with van der Waals surface area (Å²) in [6.07, 6.45) is 0. The van der Waals surface area contributed by atoms with Crippen LogP contribution in [0, 0.1) is 5.82 Å². The number of rotatable bonds is 2. The Kier molecular flexibility index (Phi) is 2.31. The normalized spacial score (nSPS) is 14.9. The summed E-state index contributed by atoms with van der Waals surface area (Å²) in [7, 11) is 0. The molecule has 2 rings (SSSR count). The highest BCUT2D eigenvalue weighted by Crippen LogP contribution is 2.43. The second-order valence-electron chi connectivity index (χ2n) is 3.17. The van der Waals surface area contributed by atoms with E-state index in [1.165, 1.54) is 0 Å². The number of hydrogen-bond acceptors (Lipinski definition) is 5. The lowest BCUT2D eigenvalue weighted by atomic mass is 10.0. The van der Waals surface area contributed by atoms with Crippen molar-refractivity contribution < 1.29 is 28.9 Å². The summed E-state index contributed by atoms with van der Waals surface area (Å²) >= 11 is 0. The van der Waals surface area contributed by atoms with Gasteiger partial charge in [-0.3, -0.25) is 4.79 Å². The lowest BCUT2D eigenvalue weighted by Gasteiger charge is -2.12. The molecule has 6 nitrogen and oxygen atoms in total. The maximum absolute atomic E-state index is 13.5. The van der Waals surface area contributed by atoms with Crippen LogP contribution < -0.4 is 15.2 Å². The van der Waals surface area contributed by atoms with Crippen molar-refractivity contribution in [1.82, 2.24) is 0 Å². The number of aliphatic carboxylic acids is 1. The quantitative estimate of drug-likeness (QED) is 0.676. The van der Waals surface area contributed by atoms with Crippen LogP contribution in [-0.4, -0.2) is 23.0 Å². The van der Waals surface area contributed by atoms with Crippen molar-refractivity contribution in [2.75, 3.05) is 6.79 Å². The molecule has 0 saturated carbocycles. The number of fused-ring (bicyclic) bond motifs is 1. The fourth-order valence-corrected chi connectivity index (χ4v) is 1.43. The molecule has 7 heteroatoms. The van der Waals surface area contributed by atoms with Gasteiger partial charge in [0.15, 0.2) is 23.1 Å². The molecule has 0 radical (unpaired) electrons. The van der Waals surface area contributed by atoms with E-state index in [9.17, 15) is 14.3 Å². The minimum absolute atomic E-state index is 0.0746. The first-order chi connectivity index (χ1) is 7.52. The van der Waals surface area contributed by atoms with Crippen LogP contribution in [0.4, 0.5) is 4.39 Å². The van der Waals surface area contributed by atoms with Crippen molar-refractivity contribution in [2.45, 2.75) is 6.04 Å². The molecule has 0 aliphatic carbocycles. The zero-order valence-electron chi connectivity index (χ0n) is 7.94. The number of halogens is 1. The van der Waals surface area contributed by atoms with Crippen LogP contribution in [0.5, 0.6) is 17.2 Å². The van der Waals surface area contributed by atoms with Gasteiger partial charge in [0.2, 0.25) is 6.79 Å². The Morgan fingerprint density at radius 3 is 2.88 bits per heavy atom. The first-order valence-electron chi connectivity index (χ1n) is 4.31. The van der Waals surface area contributed by atoms with Gasteiger partial charge in [-0.1, -0.05) is 0 Å². The van der Waals surface area contributed by atoms with Gasteiger partial charge >= 0.3 is 5.97 Å². The van der Waals surface area contributed by atoms with E-state index in [1.54, 1.807) is 0 Å². The summed E-state index contributed by atoms with van der Waals surface area (Å²) in [5, 5.41) is 17.9. The van der Waals surface area contributed by atoms with Gasteiger partial charge in [-0.25, -0.2) is 4.39 Å². The van der Waals surface area contributed by atoms with Gasteiger partial charge in [-0.2, -0.15) is 0 Å². The number of carbonyl (C=O) groups is 1. The second kappa shape index (κ2) is 3.53. The van der Waals surface area contributed by atoms with E-state index in [0.717, 1.165) is 6.07 Å². The fourth-order valence-electron chi connectivity index (χ4n) is 1.43. The highest BCUT2D eigenvalue weighted by molar-refractivity contribution is 5.77. The number of ether oxygens (including phenoxy) is 2. The predicted molar refractivity (Wildman–Crippen MR) is 48.8 cm³/mol. The molecule has 1 aliphatic rings. The average molecular weight is 229 g/mol. The van der Waals surface area contributed by atoms with Crippen molar-refractivity contribution in [3.63, 3.8) is 0 Å². The molecule has 0 fully saturated rings. The van der Waals surface area contributed by atoms with E-state index >= 15 is 0 Å². The summed E-state index contributed by atoms with van der Waals surface area (Å²) < 4.78 is 23.4. The standard InChI is InChI=1S/C9H8FNO5/c10-6-3(12)1-4-8(16-2-15-4)5(6)7(11)9(13)14/h1,7,12H,2,11H2,(H,13,14). The van der Waals surface area contributed by atoms with Crippen molar-refractivity contribution in [3.8, 4) is 17.2 Å². The molecule has 1 atom stereocenters. The molecule has 1 heterocycles. The van der Waals surface area contributed by atoms with Gasteiger partial charge in [0.1, 0.15) is 6.04 Å². The van der Waals surface area contributed by atoms with E-state index < -0.39 is 29.1 Å². The minimum Gasteiger partial charge on any atom is -0.505 e. The predicted octanol–water partition coefficient (Wildman–Crippen LogP) is 0.344. The fraction of sp³-hybridized carbons (Fsp3) is 0.222. The molecule has 0 amide bonds. The molecule has 1 unspecified atom stereocenters. The third-order valence-electron chi connectivity index (χ3n) is 2.19. The summed E-state index contributed by atoms with van der Waals surface area (Å²) in [4.78, 5) is 10.7. The zero-order chi connectivity index (χ0) is 11.9. The number of phenols is 1. The van der Waals surface area contributed by atoms with E-state index in [4.69, 9.17) is 20.3 Å². The first-order valence-corrected chi connectivity index (χ1v) is 4.31. The van der Waals surface area contributed by atoms with E-state index in [2.05, 4.69) is 0 Å². The Labute approximate surface area is 89.0 Å². The lowest BCUT2D eigenvalue weighted by molar-refractivity contribution is -0.138. The topological polar surface area (TPSA) is 102 Å². The molecular formula is C9H8FNO5. The SMILES string of the molecule is NC(C(=O)O)c1c(F)c(O)cc2c1OCO2. The molecule has 86 valence electrons. The van der Waals surface area contributed by atoms with Gasteiger partial charge < -0.3 is 25.4 Å². The Balaban J connectivity index is 2.63. The molecule has 0 bridgehead atoms. The van der Waals surface area contributed by atoms with Crippen molar-refractivity contribution in [2.24, 2.45) is 5.73 Å². The number of aromatic hydroxyl groups is 1. The lowest BCUT2D eigenvalue weighted by Crippen LogP contribution is -2.22. The second-order valence-corrected chi connectivity index (χ2v) is 3.17. The van der Waals surface area contributed by atoms with Crippen LogP contribution in [0.2, 0.25) is 0 Å². The molecule has 16 heavy (non-hydrogen) atoms. The van der Waals surface area contributed by atoms with Crippen LogP contribution in [0.3, 0.4) is 0 Å². The highest BCUT2D eigenvalue weighted by atomic mass is 19.1. The molecular weight excluding hydrogens is 221 g/mol. The molecule has 4 N–H and O–H groups in total. The number of benzene rings is 1. The monoisotopic (exact) mass is 229 g/mol. The largest absolute Gasteiger partial charge is 0.505 e. The van der Waals surface area contributed by atoms with Crippen molar-refractivity contribution in [3.05, 3.63) is 17.4 Å². The Bertz CT molecular complexity index is 462. The van der Waals surface area contributed by atoms with Gasteiger partial charge in [-0.15, -0.1) is 0 Å². The van der Waals surface area contributed by atoms with Gasteiger partial charge in [0.05, 0.1) is 5.56 Å². The average Bonchev–Trinajstić information content (AvgIpc) is 2.66. The number of nitrogens with two attached hydrogens (primary N) is 1. The van der Waals surface area contributed by atoms with E-state index in [0.29, 0.717) is 0 Å². The van der Waals surface area contributed by atoms with Crippen LogP contribution in [0.15, 0.2) is 6.07 Å². The number of phenolic OH excluding ortho intramolecular Hbond substituents is 1. The maximum Gasteiger partial charge on any atom is 0.325 e. The highest BCUT2D eigenvalue weighted by Gasteiger charge is 2.31. The van der Waals surface area contributed by atoms with E-state index in [1.807, 2.05) is 0 Å². The van der Waals surface area contributed by atoms with Crippen LogP contribution >= 0.6 is 0 Å². The molecule has 0 spiro atoms. The number of carboxylic acid groups (broad SMARTS) is 1.